The molecule has 2 aromatic rings. The summed E-state index contributed by atoms with van der Waals surface area (Å²) in [5.74, 6) is -2.12. The molecule has 188 valence electrons. The van der Waals surface area contributed by atoms with E-state index in [1.807, 2.05) is 18.2 Å². The second-order valence-electron chi connectivity index (χ2n) is 9.07. The molecule has 36 heavy (non-hydrogen) atoms. The maximum Gasteiger partial charge on any atom is 0.337 e. The number of rotatable bonds is 7. The van der Waals surface area contributed by atoms with Gasteiger partial charge in [-0.25, -0.2) is 4.79 Å². The number of nitro benzene ring substituents is 1. The minimum atomic E-state index is -0.892. The van der Waals surface area contributed by atoms with E-state index in [4.69, 9.17) is 9.47 Å². The Balaban J connectivity index is 1.62. The quantitative estimate of drug-likeness (QED) is 0.274. The Kier molecular flexibility index (Phi) is 7.49. The fourth-order valence-electron chi connectivity index (χ4n) is 4.98. The molecule has 1 saturated heterocycles. The average molecular weight is 492 g/mol. The molecule has 0 amide bonds. The number of non-ortho nitro benzene ring substituents is 1. The summed E-state index contributed by atoms with van der Waals surface area (Å²) in [4.78, 5) is 30.2. The van der Waals surface area contributed by atoms with Crippen molar-refractivity contribution < 1.29 is 29.2 Å². The van der Waals surface area contributed by atoms with Crippen LogP contribution < -0.4 is 10.0 Å². The van der Waals surface area contributed by atoms with E-state index in [9.17, 15) is 20.0 Å². The number of aliphatic imine (C=N–C) groups is 1. The number of esters is 1. The Hall–Kier alpha value is -3.98. The maximum absolute atomic E-state index is 13.5. The molecule has 0 spiro atoms. The van der Waals surface area contributed by atoms with Gasteiger partial charge in [-0.3, -0.25) is 15.1 Å². The number of carbonyl (C=O) groups is 1. The molecule has 2 aliphatic rings. The molecule has 2 aliphatic heterocycles. The number of nitrogens with one attached hydrogen (secondary N) is 1. The van der Waals surface area contributed by atoms with Gasteiger partial charge in [0, 0.05) is 47.0 Å². The fourth-order valence-corrected chi connectivity index (χ4v) is 4.98. The molecule has 0 bridgehead atoms. The van der Waals surface area contributed by atoms with Gasteiger partial charge >= 0.3 is 5.97 Å². The topological polar surface area (TPSA) is 119 Å². The van der Waals surface area contributed by atoms with Gasteiger partial charge in [-0.15, -0.1) is 0 Å². The summed E-state index contributed by atoms with van der Waals surface area (Å²) in [7, 11) is 1.25. The Morgan fingerprint density at radius 2 is 1.92 bits per heavy atom. The van der Waals surface area contributed by atoms with E-state index < -0.39 is 22.8 Å². The van der Waals surface area contributed by atoms with E-state index in [1.54, 1.807) is 19.9 Å². The Morgan fingerprint density at radius 3 is 2.61 bits per heavy atom. The SMILES string of the molecule is COC([O-])=C1C(C)=NC(C)=C(C(=O)O[C@H]2CC[NH+](Cc3ccccc3)C2)[C@H]1c1cccc([N+](=O)[O-])c1. The molecule has 2 aromatic carbocycles. The van der Waals surface area contributed by atoms with Crippen LogP contribution in [0.15, 0.2) is 82.4 Å². The molecule has 1 fully saturated rings. The number of likely N-dealkylation sites (tertiary alicyclic amines) is 1. The van der Waals surface area contributed by atoms with Gasteiger partial charge in [0.1, 0.15) is 13.1 Å². The van der Waals surface area contributed by atoms with Gasteiger partial charge in [-0.1, -0.05) is 42.5 Å². The summed E-state index contributed by atoms with van der Waals surface area (Å²) in [6.45, 7) is 5.72. The normalized spacial score (nSPS) is 23.2. The number of hydrogen-bond acceptors (Lipinski definition) is 7. The van der Waals surface area contributed by atoms with Crippen molar-refractivity contribution in [3.63, 3.8) is 0 Å². The first-order valence-electron chi connectivity index (χ1n) is 11.8. The lowest BCUT2D eigenvalue weighted by atomic mass is 9.80. The van der Waals surface area contributed by atoms with Crippen LogP contribution in [0.2, 0.25) is 0 Å². The Morgan fingerprint density at radius 1 is 1.17 bits per heavy atom. The monoisotopic (exact) mass is 491 g/mol. The van der Waals surface area contributed by atoms with Crippen molar-refractivity contribution in [2.45, 2.75) is 38.8 Å². The van der Waals surface area contributed by atoms with Crippen molar-refractivity contribution in [2.75, 3.05) is 20.2 Å². The van der Waals surface area contributed by atoms with E-state index in [0.29, 0.717) is 23.5 Å². The zero-order chi connectivity index (χ0) is 25.8. The predicted octanol–water partition coefficient (Wildman–Crippen LogP) is 2.05. The first-order chi connectivity index (χ1) is 17.3. The van der Waals surface area contributed by atoms with Crippen LogP contribution in [-0.4, -0.2) is 42.9 Å². The third-order valence-corrected chi connectivity index (χ3v) is 6.64. The summed E-state index contributed by atoms with van der Waals surface area (Å²) >= 11 is 0. The van der Waals surface area contributed by atoms with Gasteiger partial charge in [0.05, 0.1) is 23.0 Å². The summed E-state index contributed by atoms with van der Waals surface area (Å²) < 4.78 is 10.9. The summed E-state index contributed by atoms with van der Waals surface area (Å²) in [5, 5.41) is 24.2. The number of hydrogen-bond donors (Lipinski definition) is 1. The van der Waals surface area contributed by atoms with Crippen molar-refractivity contribution in [3.05, 3.63) is 98.6 Å². The molecule has 1 N–H and O–H groups in total. The molecule has 4 rings (SSSR count). The number of allylic oxidation sites excluding steroid dienone is 2. The minimum Gasteiger partial charge on any atom is -0.616 e. The first kappa shape index (κ1) is 25.1. The van der Waals surface area contributed by atoms with Gasteiger partial charge in [-0.2, -0.15) is 0 Å². The highest BCUT2D eigenvalue weighted by Crippen LogP contribution is 2.41. The molecule has 3 atom stereocenters. The highest BCUT2D eigenvalue weighted by molar-refractivity contribution is 6.06. The van der Waals surface area contributed by atoms with E-state index in [-0.39, 0.29) is 22.9 Å². The fraction of sp³-hybridized carbons (Fsp3) is 0.333. The van der Waals surface area contributed by atoms with Crippen LogP contribution in [0.3, 0.4) is 0 Å². The smallest absolute Gasteiger partial charge is 0.337 e. The van der Waals surface area contributed by atoms with Gasteiger partial charge in [0.2, 0.25) is 0 Å². The van der Waals surface area contributed by atoms with E-state index in [2.05, 4.69) is 17.1 Å². The van der Waals surface area contributed by atoms with Crippen molar-refractivity contribution in [2.24, 2.45) is 4.99 Å². The van der Waals surface area contributed by atoms with Crippen LogP contribution >= 0.6 is 0 Å². The predicted molar refractivity (Wildman–Crippen MR) is 131 cm³/mol. The molecule has 0 aliphatic carbocycles. The molecule has 0 radical (unpaired) electrons. The summed E-state index contributed by atoms with van der Waals surface area (Å²) in [6, 6.07) is 16.1. The highest BCUT2D eigenvalue weighted by Gasteiger charge is 2.38. The molecular weight excluding hydrogens is 462 g/mol. The highest BCUT2D eigenvalue weighted by atomic mass is 16.6. The van der Waals surface area contributed by atoms with Gasteiger partial charge in [-0.05, 0) is 26.5 Å². The average Bonchev–Trinajstić information content (AvgIpc) is 3.30. The number of nitro groups is 1. The standard InChI is InChI=1S/C27H29N3O6/c1-17-23(26(31)35-3)25(20-10-7-11-21(14-20)30(33)34)24(18(2)28-17)27(32)36-22-12-13-29(16-22)15-19-8-5-4-6-9-19/h4-11,14,22,25,31H,12-13,15-16H2,1-3H3/t22-,25-/m0/s1. The van der Waals surface area contributed by atoms with Crippen LogP contribution in [0.4, 0.5) is 5.69 Å². The largest absolute Gasteiger partial charge is 0.616 e. The molecule has 9 heteroatoms. The second-order valence-corrected chi connectivity index (χ2v) is 9.07. The van der Waals surface area contributed by atoms with Gasteiger partial charge < -0.3 is 19.5 Å². The molecule has 9 nitrogen and oxygen atoms in total. The van der Waals surface area contributed by atoms with E-state index >= 15 is 0 Å². The molecule has 1 unspecified atom stereocenters. The minimum absolute atomic E-state index is 0.141. The van der Waals surface area contributed by atoms with Crippen LogP contribution in [0.1, 0.15) is 37.3 Å². The van der Waals surface area contributed by atoms with E-state index in [1.165, 1.54) is 35.8 Å². The second kappa shape index (κ2) is 10.7. The van der Waals surface area contributed by atoms with Crippen molar-refractivity contribution in [1.82, 2.24) is 0 Å². The van der Waals surface area contributed by atoms with Gasteiger partial charge in [0.25, 0.3) is 5.69 Å². The van der Waals surface area contributed by atoms with Crippen LogP contribution in [-0.2, 0) is 20.8 Å². The number of ether oxygens (including phenoxy) is 2. The maximum atomic E-state index is 13.5. The lowest BCUT2D eigenvalue weighted by Gasteiger charge is -2.31. The number of benzene rings is 2. The van der Waals surface area contributed by atoms with Crippen molar-refractivity contribution in [1.29, 1.82) is 0 Å². The molecular formula is C27H29N3O6. The summed E-state index contributed by atoms with van der Waals surface area (Å²) in [6.07, 6.45) is 0.438. The lowest BCUT2D eigenvalue weighted by Crippen LogP contribution is -3.09. The van der Waals surface area contributed by atoms with Crippen LogP contribution in [0.5, 0.6) is 0 Å². The van der Waals surface area contributed by atoms with E-state index in [0.717, 1.165) is 19.5 Å². The summed E-state index contributed by atoms with van der Waals surface area (Å²) in [5.41, 5.74) is 2.67. The van der Waals surface area contributed by atoms with Crippen LogP contribution in [0, 0.1) is 10.1 Å². The third-order valence-electron chi connectivity index (χ3n) is 6.64. The Bertz CT molecular complexity index is 1250. The van der Waals surface area contributed by atoms with Crippen molar-refractivity contribution >= 4 is 17.4 Å². The molecule has 2 heterocycles. The Labute approximate surface area is 209 Å². The number of quaternary nitrogens is 1. The number of nitrogens with zero attached hydrogens (tertiary/aromatic N) is 2. The van der Waals surface area contributed by atoms with Crippen LogP contribution in [0.25, 0.3) is 0 Å². The van der Waals surface area contributed by atoms with Crippen molar-refractivity contribution in [3.8, 4) is 0 Å². The molecule has 0 saturated carbocycles. The zero-order valence-electron chi connectivity index (χ0n) is 20.5. The number of methoxy groups -OCH3 is 1. The van der Waals surface area contributed by atoms with Gasteiger partial charge in [0.15, 0.2) is 6.10 Å². The zero-order valence-corrected chi connectivity index (χ0v) is 20.5. The molecule has 0 aromatic heterocycles. The first-order valence-corrected chi connectivity index (χ1v) is 11.8. The number of carbonyl (C=O) groups excluding carboxylic acids is 1. The third kappa shape index (κ3) is 5.31. The lowest BCUT2D eigenvalue weighted by molar-refractivity contribution is -0.902.